The van der Waals surface area contributed by atoms with Crippen LogP contribution in [0.25, 0.3) is 0 Å². The van der Waals surface area contributed by atoms with Crippen LogP contribution in [0.1, 0.15) is 41.6 Å². The van der Waals surface area contributed by atoms with Crippen LogP contribution < -0.4 is 0 Å². The van der Waals surface area contributed by atoms with Gasteiger partial charge in [-0.25, -0.2) is 0 Å². The SMILES string of the molecule is CC1C(C(=O)O)c2ccccc2C(=O)N1C1CC1. The Morgan fingerprint density at radius 3 is 2.61 bits per heavy atom. The molecule has 0 radical (unpaired) electrons. The Balaban J connectivity index is 2.13. The number of carbonyl (C=O) groups excluding carboxylic acids is 1. The Kier molecular flexibility index (Phi) is 2.40. The fourth-order valence-corrected chi connectivity index (χ4v) is 2.90. The quantitative estimate of drug-likeness (QED) is 0.865. The van der Waals surface area contributed by atoms with Crippen molar-refractivity contribution in [2.24, 2.45) is 0 Å². The van der Waals surface area contributed by atoms with E-state index < -0.39 is 11.9 Å². The van der Waals surface area contributed by atoms with Gasteiger partial charge in [-0.1, -0.05) is 18.2 Å². The van der Waals surface area contributed by atoms with E-state index in [0.29, 0.717) is 11.1 Å². The zero-order valence-electron chi connectivity index (χ0n) is 10.2. The van der Waals surface area contributed by atoms with Crippen molar-refractivity contribution in [3.05, 3.63) is 35.4 Å². The maximum atomic E-state index is 12.4. The lowest BCUT2D eigenvalue weighted by molar-refractivity contribution is -0.140. The Morgan fingerprint density at radius 1 is 1.33 bits per heavy atom. The minimum atomic E-state index is -0.854. The molecule has 2 atom stereocenters. The molecule has 1 amide bonds. The van der Waals surface area contributed by atoms with Crippen molar-refractivity contribution in [2.45, 2.75) is 37.8 Å². The van der Waals surface area contributed by atoms with Gasteiger partial charge in [-0.3, -0.25) is 9.59 Å². The van der Waals surface area contributed by atoms with E-state index >= 15 is 0 Å². The predicted octanol–water partition coefficient (Wildman–Crippen LogP) is 1.86. The maximum absolute atomic E-state index is 12.4. The molecule has 1 aromatic carbocycles. The fraction of sp³-hybridized carbons (Fsp3) is 0.429. The number of hydrogen-bond donors (Lipinski definition) is 1. The van der Waals surface area contributed by atoms with Gasteiger partial charge >= 0.3 is 5.97 Å². The standard InChI is InChI=1S/C14H15NO3/c1-8-12(14(17)18)10-4-2-3-5-11(10)13(16)15(8)9-6-7-9/h2-5,8-9,12H,6-7H2,1H3,(H,17,18). The molecule has 2 unspecified atom stereocenters. The van der Waals surface area contributed by atoms with E-state index in [4.69, 9.17) is 0 Å². The third-order valence-corrected chi connectivity index (χ3v) is 3.89. The van der Waals surface area contributed by atoms with Crippen LogP contribution in [0.15, 0.2) is 24.3 Å². The minimum absolute atomic E-state index is 0.0156. The van der Waals surface area contributed by atoms with Crippen LogP contribution in [0.2, 0.25) is 0 Å². The summed E-state index contributed by atoms with van der Waals surface area (Å²) in [6, 6.07) is 7.04. The molecule has 1 aliphatic carbocycles. The van der Waals surface area contributed by atoms with Gasteiger partial charge in [-0.2, -0.15) is 0 Å². The van der Waals surface area contributed by atoms with E-state index in [9.17, 15) is 14.7 Å². The molecule has 94 valence electrons. The Bertz CT molecular complexity index is 522. The lowest BCUT2D eigenvalue weighted by atomic mass is 9.83. The van der Waals surface area contributed by atoms with Crippen LogP contribution >= 0.6 is 0 Å². The van der Waals surface area contributed by atoms with Crippen molar-refractivity contribution in [2.75, 3.05) is 0 Å². The summed E-state index contributed by atoms with van der Waals surface area (Å²) in [5, 5.41) is 9.42. The van der Waals surface area contributed by atoms with Gasteiger partial charge in [0, 0.05) is 17.6 Å². The maximum Gasteiger partial charge on any atom is 0.313 e. The van der Waals surface area contributed by atoms with Gasteiger partial charge in [-0.05, 0) is 31.4 Å². The third kappa shape index (κ3) is 1.52. The summed E-state index contributed by atoms with van der Waals surface area (Å²) in [5.74, 6) is -1.48. The van der Waals surface area contributed by atoms with E-state index in [2.05, 4.69) is 0 Å². The summed E-state index contributed by atoms with van der Waals surface area (Å²) < 4.78 is 0. The zero-order chi connectivity index (χ0) is 12.9. The van der Waals surface area contributed by atoms with Crippen LogP contribution in [0.5, 0.6) is 0 Å². The number of aliphatic carboxylic acids is 1. The third-order valence-electron chi connectivity index (χ3n) is 3.89. The molecule has 1 aromatic rings. The number of rotatable bonds is 2. The van der Waals surface area contributed by atoms with Gasteiger partial charge in [-0.15, -0.1) is 0 Å². The smallest absolute Gasteiger partial charge is 0.313 e. The highest BCUT2D eigenvalue weighted by atomic mass is 16.4. The highest BCUT2D eigenvalue weighted by Gasteiger charge is 2.46. The first kappa shape index (κ1) is 11.3. The summed E-state index contributed by atoms with van der Waals surface area (Å²) in [6.07, 6.45) is 1.98. The molecule has 4 heteroatoms. The van der Waals surface area contributed by atoms with E-state index in [0.717, 1.165) is 12.8 Å². The van der Waals surface area contributed by atoms with Crippen LogP contribution in [-0.4, -0.2) is 34.0 Å². The van der Waals surface area contributed by atoms with Gasteiger partial charge in [0.2, 0.25) is 0 Å². The molecule has 1 saturated carbocycles. The molecule has 3 rings (SSSR count). The molecule has 0 bridgehead atoms. The van der Waals surface area contributed by atoms with Crippen molar-refractivity contribution in [3.63, 3.8) is 0 Å². The highest BCUT2D eigenvalue weighted by Crippen LogP contribution is 2.39. The first-order valence-corrected chi connectivity index (χ1v) is 6.25. The molecule has 1 aliphatic heterocycles. The van der Waals surface area contributed by atoms with E-state index in [1.807, 2.05) is 6.92 Å². The van der Waals surface area contributed by atoms with Crippen LogP contribution in [0.3, 0.4) is 0 Å². The van der Waals surface area contributed by atoms with Crippen LogP contribution in [-0.2, 0) is 4.79 Å². The second-order valence-electron chi connectivity index (χ2n) is 5.09. The predicted molar refractivity (Wildman–Crippen MR) is 65.5 cm³/mol. The number of carboxylic acid groups (broad SMARTS) is 1. The lowest BCUT2D eigenvalue weighted by Crippen LogP contribution is -2.49. The normalized spacial score (nSPS) is 26.9. The number of benzene rings is 1. The average molecular weight is 245 g/mol. The Hall–Kier alpha value is -1.84. The first-order valence-electron chi connectivity index (χ1n) is 6.25. The molecule has 1 fully saturated rings. The molecule has 0 aromatic heterocycles. The molecule has 0 spiro atoms. The second-order valence-corrected chi connectivity index (χ2v) is 5.09. The van der Waals surface area contributed by atoms with Gasteiger partial charge in [0.1, 0.15) is 5.92 Å². The fourth-order valence-electron chi connectivity index (χ4n) is 2.90. The van der Waals surface area contributed by atoms with Gasteiger partial charge in [0.15, 0.2) is 0 Å². The van der Waals surface area contributed by atoms with Gasteiger partial charge in [0.25, 0.3) is 5.91 Å². The largest absolute Gasteiger partial charge is 0.481 e. The number of carbonyl (C=O) groups is 2. The molecule has 0 saturated heterocycles. The topological polar surface area (TPSA) is 57.6 Å². The van der Waals surface area contributed by atoms with E-state index in [1.165, 1.54) is 0 Å². The summed E-state index contributed by atoms with van der Waals surface area (Å²) in [7, 11) is 0. The Morgan fingerprint density at radius 2 is 2.00 bits per heavy atom. The van der Waals surface area contributed by atoms with Crippen molar-refractivity contribution in [1.82, 2.24) is 4.90 Å². The number of fused-ring (bicyclic) bond motifs is 1. The summed E-state index contributed by atoms with van der Waals surface area (Å²) >= 11 is 0. The minimum Gasteiger partial charge on any atom is -0.481 e. The van der Waals surface area contributed by atoms with Crippen molar-refractivity contribution >= 4 is 11.9 Å². The lowest BCUT2D eigenvalue weighted by Gasteiger charge is -2.38. The molecular formula is C14H15NO3. The molecule has 1 heterocycles. The monoisotopic (exact) mass is 245 g/mol. The van der Waals surface area contributed by atoms with Crippen molar-refractivity contribution in [1.29, 1.82) is 0 Å². The molecular weight excluding hydrogens is 230 g/mol. The molecule has 1 N–H and O–H groups in total. The number of amides is 1. The first-order chi connectivity index (χ1) is 8.61. The van der Waals surface area contributed by atoms with Crippen LogP contribution in [0, 0.1) is 0 Å². The number of nitrogens with zero attached hydrogens (tertiary/aromatic N) is 1. The Labute approximate surface area is 105 Å². The van der Waals surface area contributed by atoms with E-state index in [1.54, 1.807) is 29.2 Å². The number of hydrogen-bond acceptors (Lipinski definition) is 2. The molecule has 18 heavy (non-hydrogen) atoms. The zero-order valence-corrected chi connectivity index (χ0v) is 10.2. The highest BCUT2D eigenvalue weighted by molar-refractivity contribution is 6.00. The summed E-state index contributed by atoms with van der Waals surface area (Å²) in [6.45, 7) is 1.84. The second kappa shape index (κ2) is 3.83. The van der Waals surface area contributed by atoms with Crippen molar-refractivity contribution in [3.8, 4) is 0 Å². The average Bonchev–Trinajstić information content (AvgIpc) is 3.13. The summed E-state index contributed by atoms with van der Waals surface area (Å²) in [5.41, 5.74) is 1.20. The van der Waals surface area contributed by atoms with Gasteiger partial charge in [0.05, 0.1) is 0 Å². The van der Waals surface area contributed by atoms with Gasteiger partial charge < -0.3 is 10.0 Å². The van der Waals surface area contributed by atoms with Crippen molar-refractivity contribution < 1.29 is 14.7 Å². The molecule has 2 aliphatic rings. The van der Waals surface area contributed by atoms with Crippen LogP contribution in [0.4, 0.5) is 0 Å². The summed E-state index contributed by atoms with van der Waals surface area (Å²) in [4.78, 5) is 25.7. The van der Waals surface area contributed by atoms with E-state index in [-0.39, 0.29) is 18.0 Å². The molecule has 4 nitrogen and oxygen atoms in total. The number of carboxylic acids is 1.